The number of pyridine rings is 1. The minimum atomic E-state index is 0.760. The molecule has 0 radical (unpaired) electrons. The lowest BCUT2D eigenvalue weighted by Gasteiger charge is -2.09. The minimum Gasteiger partial charge on any atom is -0.316 e. The maximum atomic E-state index is 6.44. The summed E-state index contributed by atoms with van der Waals surface area (Å²) in [5.74, 6) is 0. The SMILES string of the molecule is CNCc1ccc(-c2cccc3cccnc23)c(Cl)c1. The molecule has 0 aliphatic rings. The first-order valence-electron chi connectivity index (χ1n) is 6.57. The van der Waals surface area contributed by atoms with Gasteiger partial charge in [0, 0.05) is 34.3 Å². The highest BCUT2D eigenvalue weighted by Gasteiger charge is 2.08. The first kappa shape index (κ1) is 13.1. The molecule has 0 atom stereocenters. The van der Waals surface area contributed by atoms with E-state index in [0.717, 1.165) is 33.6 Å². The lowest BCUT2D eigenvalue weighted by molar-refractivity contribution is 0.818. The summed E-state index contributed by atoms with van der Waals surface area (Å²) in [5, 5.41) is 5.01. The van der Waals surface area contributed by atoms with E-state index in [4.69, 9.17) is 11.6 Å². The number of nitrogens with one attached hydrogen (secondary N) is 1. The van der Waals surface area contributed by atoms with Crippen molar-refractivity contribution in [3.05, 3.63) is 65.3 Å². The summed E-state index contributed by atoms with van der Waals surface area (Å²) in [4.78, 5) is 4.49. The van der Waals surface area contributed by atoms with Gasteiger partial charge in [0.1, 0.15) is 0 Å². The summed E-state index contributed by atoms with van der Waals surface area (Å²) in [6.45, 7) is 0.813. The van der Waals surface area contributed by atoms with Gasteiger partial charge in [-0.1, -0.05) is 48.0 Å². The summed E-state index contributed by atoms with van der Waals surface area (Å²) >= 11 is 6.44. The van der Waals surface area contributed by atoms with Crippen molar-refractivity contribution in [3.8, 4) is 11.1 Å². The van der Waals surface area contributed by atoms with Crippen LogP contribution in [0.4, 0.5) is 0 Å². The van der Waals surface area contributed by atoms with Crippen LogP contribution in [0.3, 0.4) is 0 Å². The van der Waals surface area contributed by atoms with Crippen molar-refractivity contribution in [1.82, 2.24) is 10.3 Å². The molecule has 0 unspecified atom stereocenters. The second-order valence-electron chi connectivity index (χ2n) is 4.73. The van der Waals surface area contributed by atoms with Crippen molar-refractivity contribution < 1.29 is 0 Å². The molecule has 0 spiro atoms. The summed E-state index contributed by atoms with van der Waals surface area (Å²) in [7, 11) is 1.93. The number of benzene rings is 2. The zero-order valence-electron chi connectivity index (χ0n) is 11.2. The van der Waals surface area contributed by atoms with Gasteiger partial charge in [0.15, 0.2) is 0 Å². The molecule has 2 aromatic carbocycles. The summed E-state index contributed by atoms with van der Waals surface area (Å²) < 4.78 is 0. The van der Waals surface area contributed by atoms with Gasteiger partial charge in [0.05, 0.1) is 5.52 Å². The molecular weight excluding hydrogens is 268 g/mol. The monoisotopic (exact) mass is 282 g/mol. The average Bonchev–Trinajstić information content (AvgIpc) is 2.47. The van der Waals surface area contributed by atoms with E-state index >= 15 is 0 Å². The molecule has 1 heterocycles. The van der Waals surface area contributed by atoms with E-state index in [-0.39, 0.29) is 0 Å². The summed E-state index contributed by atoms with van der Waals surface area (Å²) in [6.07, 6.45) is 1.81. The van der Waals surface area contributed by atoms with Gasteiger partial charge >= 0.3 is 0 Å². The van der Waals surface area contributed by atoms with Crippen LogP contribution in [-0.2, 0) is 6.54 Å². The third-order valence-electron chi connectivity index (χ3n) is 3.34. The Morgan fingerprint density at radius 3 is 2.70 bits per heavy atom. The molecule has 2 nitrogen and oxygen atoms in total. The fraction of sp³-hybridized carbons (Fsp3) is 0.118. The number of fused-ring (bicyclic) bond motifs is 1. The molecule has 0 aliphatic carbocycles. The molecule has 100 valence electrons. The minimum absolute atomic E-state index is 0.760. The molecule has 20 heavy (non-hydrogen) atoms. The number of halogens is 1. The number of hydrogen-bond acceptors (Lipinski definition) is 2. The smallest absolute Gasteiger partial charge is 0.0780 e. The molecule has 1 N–H and O–H groups in total. The van der Waals surface area contributed by atoms with Gasteiger partial charge in [0.2, 0.25) is 0 Å². The Bertz CT molecular complexity index is 748. The van der Waals surface area contributed by atoms with E-state index in [9.17, 15) is 0 Å². The quantitative estimate of drug-likeness (QED) is 0.776. The standard InChI is InChI=1S/C17H15ClN2/c1-19-11-12-7-8-14(16(18)10-12)15-6-2-4-13-5-3-9-20-17(13)15/h2-10,19H,11H2,1H3. The molecule has 3 aromatic rings. The Morgan fingerprint density at radius 1 is 1.05 bits per heavy atom. The zero-order valence-corrected chi connectivity index (χ0v) is 12.0. The van der Waals surface area contributed by atoms with Gasteiger partial charge in [-0.25, -0.2) is 0 Å². The number of nitrogens with zero attached hydrogens (tertiary/aromatic N) is 1. The molecule has 1 aromatic heterocycles. The first-order chi connectivity index (χ1) is 9.79. The third kappa shape index (κ3) is 2.40. The Kier molecular flexibility index (Phi) is 3.68. The lowest BCUT2D eigenvalue weighted by atomic mass is 10.0. The largest absolute Gasteiger partial charge is 0.316 e. The second-order valence-corrected chi connectivity index (χ2v) is 5.13. The van der Waals surface area contributed by atoms with Crippen LogP contribution in [0, 0.1) is 0 Å². The molecule has 0 fully saturated rings. The first-order valence-corrected chi connectivity index (χ1v) is 6.94. The van der Waals surface area contributed by atoms with Crippen LogP contribution < -0.4 is 5.32 Å². The molecule has 3 rings (SSSR count). The van der Waals surface area contributed by atoms with E-state index < -0.39 is 0 Å². The molecule has 0 amide bonds. The van der Waals surface area contributed by atoms with Crippen LogP contribution in [0.1, 0.15) is 5.56 Å². The van der Waals surface area contributed by atoms with Gasteiger partial charge in [-0.2, -0.15) is 0 Å². The van der Waals surface area contributed by atoms with E-state index in [0.29, 0.717) is 0 Å². The number of para-hydroxylation sites is 1. The van der Waals surface area contributed by atoms with Crippen LogP contribution in [0.5, 0.6) is 0 Å². The Labute approximate surface area is 123 Å². The van der Waals surface area contributed by atoms with Gasteiger partial charge in [0.25, 0.3) is 0 Å². The summed E-state index contributed by atoms with van der Waals surface area (Å²) in [5.41, 5.74) is 4.26. The van der Waals surface area contributed by atoms with Crippen molar-refractivity contribution in [3.63, 3.8) is 0 Å². The van der Waals surface area contributed by atoms with Crippen LogP contribution >= 0.6 is 11.6 Å². The topological polar surface area (TPSA) is 24.9 Å². The maximum Gasteiger partial charge on any atom is 0.0780 e. The lowest BCUT2D eigenvalue weighted by Crippen LogP contribution is -2.04. The molecular formula is C17H15ClN2. The molecule has 0 saturated heterocycles. The second kappa shape index (κ2) is 5.61. The zero-order chi connectivity index (χ0) is 13.9. The normalized spacial score (nSPS) is 10.9. The number of hydrogen-bond donors (Lipinski definition) is 1. The predicted octanol–water partition coefficient (Wildman–Crippen LogP) is 4.27. The van der Waals surface area contributed by atoms with Crippen LogP contribution in [-0.4, -0.2) is 12.0 Å². The van der Waals surface area contributed by atoms with Crippen molar-refractivity contribution in [2.75, 3.05) is 7.05 Å². The van der Waals surface area contributed by atoms with Crippen molar-refractivity contribution in [1.29, 1.82) is 0 Å². The van der Waals surface area contributed by atoms with Crippen LogP contribution in [0.2, 0.25) is 5.02 Å². The molecule has 3 heteroatoms. The van der Waals surface area contributed by atoms with Crippen LogP contribution in [0.15, 0.2) is 54.7 Å². The van der Waals surface area contributed by atoms with Crippen LogP contribution in [0.25, 0.3) is 22.0 Å². The Morgan fingerprint density at radius 2 is 1.90 bits per heavy atom. The van der Waals surface area contributed by atoms with Gasteiger partial charge in [-0.05, 0) is 24.7 Å². The van der Waals surface area contributed by atoms with E-state index in [1.165, 1.54) is 5.56 Å². The molecule has 0 aliphatic heterocycles. The van der Waals surface area contributed by atoms with E-state index in [2.05, 4.69) is 40.6 Å². The van der Waals surface area contributed by atoms with Crippen molar-refractivity contribution in [2.24, 2.45) is 0 Å². The number of rotatable bonds is 3. The van der Waals surface area contributed by atoms with Gasteiger partial charge < -0.3 is 5.32 Å². The van der Waals surface area contributed by atoms with Gasteiger partial charge in [-0.15, -0.1) is 0 Å². The highest BCUT2D eigenvalue weighted by atomic mass is 35.5. The van der Waals surface area contributed by atoms with Crippen molar-refractivity contribution in [2.45, 2.75) is 6.54 Å². The highest BCUT2D eigenvalue weighted by Crippen LogP contribution is 2.32. The van der Waals surface area contributed by atoms with Gasteiger partial charge in [-0.3, -0.25) is 4.98 Å². The predicted molar refractivity (Wildman–Crippen MR) is 85.0 cm³/mol. The fourth-order valence-corrected chi connectivity index (χ4v) is 2.72. The maximum absolute atomic E-state index is 6.44. The van der Waals surface area contributed by atoms with E-state index in [1.807, 2.05) is 31.4 Å². The average molecular weight is 283 g/mol. The third-order valence-corrected chi connectivity index (χ3v) is 3.65. The van der Waals surface area contributed by atoms with Crippen molar-refractivity contribution >= 4 is 22.5 Å². The molecule has 0 saturated carbocycles. The fourth-order valence-electron chi connectivity index (χ4n) is 2.41. The highest BCUT2D eigenvalue weighted by molar-refractivity contribution is 6.33. The van der Waals surface area contributed by atoms with E-state index in [1.54, 1.807) is 0 Å². The Balaban J connectivity index is 2.16. The summed E-state index contributed by atoms with van der Waals surface area (Å²) in [6, 6.07) is 16.4. The Hall–Kier alpha value is -1.90. The number of aromatic nitrogens is 1. The molecule has 0 bridgehead atoms.